The zero-order chi connectivity index (χ0) is 13.6. The summed E-state index contributed by atoms with van der Waals surface area (Å²) in [6.07, 6.45) is 6.80. The third kappa shape index (κ3) is 3.99. The molecule has 0 heterocycles. The standard InChI is InChI=1S/C12H20N2O3/c1-6-8-9(7-2)13-11(17)14(5)12(3,4)10(15)16/h2,9H,6,8H2,1,3-5H3,(H,13,17)(H,15,16). The highest BCUT2D eigenvalue weighted by Crippen LogP contribution is 2.12. The Hall–Kier alpha value is -1.70. The van der Waals surface area contributed by atoms with E-state index in [2.05, 4.69) is 11.2 Å². The van der Waals surface area contributed by atoms with Gasteiger partial charge in [0.1, 0.15) is 5.54 Å². The fraction of sp³-hybridized carbons (Fsp3) is 0.667. The molecule has 0 aromatic rings. The number of carboxylic acid groups (broad SMARTS) is 1. The largest absolute Gasteiger partial charge is 0.480 e. The van der Waals surface area contributed by atoms with E-state index in [4.69, 9.17) is 11.5 Å². The predicted molar refractivity (Wildman–Crippen MR) is 65.5 cm³/mol. The van der Waals surface area contributed by atoms with Crippen molar-refractivity contribution < 1.29 is 14.7 Å². The predicted octanol–water partition coefficient (Wildman–Crippen LogP) is 1.29. The Balaban J connectivity index is 4.62. The van der Waals surface area contributed by atoms with Crippen molar-refractivity contribution in [3.8, 4) is 12.3 Å². The summed E-state index contributed by atoms with van der Waals surface area (Å²) in [5, 5.41) is 11.6. The molecule has 0 radical (unpaired) electrons. The third-order valence-corrected chi connectivity index (χ3v) is 2.74. The molecule has 0 aromatic heterocycles. The molecule has 96 valence electrons. The molecule has 0 aromatic carbocycles. The summed E-state index contributed by atoms with van der Waals surface area (Å²) in [7, 11) is 1.43. The molecule has 1 unspecified atom stereocenters. The first kappa shape index (κ1) is 15.3. The summed E-state index contributed by atoms with van der Waals surface area (Å²) in [5.74, 6) is 1.40. The van der Waals surface area contributed by atoms with Crippen LogP contribution in [-0.2, 0) is 4.79 Å². The van der Waals surface area contributed by atoms with Crippen LogP contribution in [-0.4, -0.2) is 40.6 Å². The van der Waals surface area contributed by atoms with Crippen LogP contribution in [0.4, 0.5) is 4.79 Å². The summed E-state index contributed by atoms with van der Waals surface area (Å²) in [6, 6.07) is -0.839. The number of nitrogens with zero attached hydrogens (tertiary/aromatic N) is 1. The molecule has 0 saturated carbocycles. The molecule has 0 rings (SSSR count). The molecule has 0 aliphatic rings. The normalized spacial score (nSPS) is 12.4. The van der Waals surface area contributed by atoms with Gasteiger partial charge in [0, 0.05) is 7.05 Å². The second kappa shape index (κ2) is 6.14. The number of likely N-dealkylation sites (N-methyl/N-ethyl adjacent to an activating group) is 1. The highest BCUT2D eigenvalue weighted by molar-refractivity contribution is 5.85. The second-order valence-electron chi connectivity index (χ2n) is 4.38. The van der Waals surface area contributed by atoms with E-state index in [0.29, 0.717) is 6.42 Å². The lowest BCUT2D eigenvalue weighted by Crippen LogP contribution is -2.55. The zero-order valence-corrected chi connectivity index (χ0v) is 10.8. The number of hydrogen-bond donors (Lipinski definition) is 2. The number of aliphatic carboxylic acids is 1. The maximum absolute atomic E-state index is 11.8. The number of carboxylic acids is 1. The molecule has 2 N–H and O–H groups in total. The number of carbonyl (C=O) groups excluding carboxylic acids is 1. The molecule has 5 nitrogen and oxygen atoms in total. The van der Waals surface area contributed by atoms with Gasteiger partial charge in [-0.2, -0.15) is 0 Å². The number of urea groups is 1. The Labute approximate surface area is 102 Å². The zero-order valence-electron chi connectivity index (χ0n) is 10.8. The van der Waals surface area contributed by atoms with Crippen molar-refractivity contribution in [3.63, 3.8) is 0 Å². The van der Waals surface area contributed by atoms with Gasteiger partial charge in [-0.05, 0) is 20.3 Å². The van der Waals surface area contributed by atoms with Crippen molar-refractivity contribution in [2.24, 2.45) is 0 Å². The highest BCUT2D eigenvalue weighted by Gasteiger charge is 2.35. The molecule has 0 fully saturated rings. The number of nitrogens with one attached hydrogen (secondary N) is 1. The average Bonchev–Trinajstić information content (AvgIpc) is 2.26. The van der Waals surface area contributed by atoms with Crippen molar-refractivity contribution in [2.75, 3.05) is 7.05 Å². The molecule has 1 atom stereocenters. The van der Waals surface area contributed by atoms with Crippen LogP contribution in [0.2, 0.25) is 0 Å². The summed E-state index contributed by atoms with van der Waals surface area (Å²) in [5.41, 5.74) is -1.27. The summed E-state index contributed by atoms with van der Waals surface area (Å²) >= 11 is 0. The molecular weight excluding hydrogens is 220 g/mol. The molecule has 2 amide bonds. The van der Waals surface area contributed by atoms with Crippen LogP contribution >= 0.6 is 0 Å². The third-order valence-electron chi connectivity index (χ3n) is 2.74. The van der Waals surface area contributed by atoms with Gasteiger partial charge in [0.15, 0.2) is 0 Å². The molecule has 5 heteroatoms. The van der Waals surface area contributed by atoms with Crippen LogP contribution in [0.25, 0.3) is 0 Å². The first-order chi connectivity index (χ1) is 7.77. The molecule has 0 bridgehead atoms. The van der Waals surface area contributed by atoms with Crippen molar-refractivity contribution in [3.05, 3.63) is 0 Å². The number of amides is 2. The second-order valence-corrected chi connectivity index (χ2v) is 4.38. The Kier molecular flexibility index (Phi) is 5.52. The van der Waals surface area contributed by atoms with Crippen LogP contribution in [0, 0.1) is 12.3 Å². The van der Waals surface area contributed by atoms with Gasteiger partial charge in [-0.3, -0.25) is 0 Å². The Morgan fingerprint density at radius 1 is 1.53 bits per heavy atom. The topological polar surface area (TPSA) is 69.6 Å². The fourth-order valence-corrected chi connectivity index (χ4v) is 1.13. The van der Waals surface area contributed by atoms with E-state index in [1.807, 2.05) is 6.92 Å². The first-order valence-electron chi connectivity index (χ1n) is 5.51. The molecular formula is C12H20N2O3. The van der Waals surface area contributed by atoms with Gasteiger partial charge in [0.05, 0.1) is 6.04 Å². The van der Waals surface area contributed by atoms with Crippen molar-refractivity contribution in [1.82, 2.24) is 10.2 Å². The molecule has 0 aliphatic carbocycles. The number of carbonyl (C=O) groups is 2. The lowest BCUT2D eigenvalue weighted by atomic mass is 10.0. The lowest BCUT2D eigenvalue weighted by molar-refractivity contribution is -0.146. The summed E-state index contributed by atoms with van der Waals surface area (Å²) in [4.78, 5) is 23.9. The van der Waals surface area contributed by atoms with E-state index in [1.54, 1.807) is 0 Å². The minimum Gasteiger partial charge on any atom is -0.480 e. The van der Waals surface area contributed by atoms with Gasteiger partial charge in [-0.15, -0.1) is 6.42 Å². The molecule has 17 heavy (non-hydrogen) atoms. The first-order valence-corrected chi connectivity index (χ1v) is 5.51. The van der Waals surface area contributed by atoms with E-state index in [-0.39, 0.29) is 6.04 Å². The Morgan fingerprint density at radius 3 is 2.41 bits per heavy atom. The van der Waals surface area contributed by atoms with E-state index in [9.17, 15) is 9.59 Å². The van der Waals surface area contributed by atoms with Crippen LogP contribution in [0.15, 0.2) is 0 Å². The highest BCUT2D eigenvalue weighted by atomic mass is 16.4. The monoisotopic (exact) mass is 240 g/mol. The van der Waals surface area contributed by atoms with Gasteiger partial charge in [0.2, 0.25) is 0 Å². The van der Waals surface area contributed by atoms with Gasteiger partial charge in [0.25, 0.3) is 0 Å². The minimum absolute atomic E-state index is 0.362. The Morgan fingerprint density at radius 2 is 2.06 bits per heavy atom. The van der Waals surface area contributed by atoms with Crippen LogP contribution in [0.1, 0.15) is 33.6 Å². The van der Waals surface area contributed by atoms with Crippen LogP contribution in [0.5, 0.6) is 0 Å². The van der Waals surface area contributed by atoms with Crippen molar-refractivity contribution in [2.45, 2.75) is 45.2 Å². The van der Waals surface area contributed by atoms with E-state index >= 15 is 0 Å². The van der Waals surface area contributed by atoms with Crippen LogP contribution in [0.3, 0.4) is 0 Å². The van der Waals surface area contributed by atoms with Crippen molar-refractivity contribution in [1.29, 1.82) is 0 Å². The molecule has 0 spiro atoms. The number of terminal acetylenes is 1. The maximum Gasteiger partial charge on any atom is 0.329 e. The SMILES string of the molecule is C#CC(CCC)NC(=O)N(C)C(C)(C)C(=O)O. The van der Waals surface area contributed by atoms with Gasteiger partial charge in [-0.25, -0.2) is 9.59 Å². The van der Waals surface area contributed by atoms with E-state index in [0.717, 1.165) is 11.3 Å². The van der Waals surface area contributed by atoms with E-state index in [1.165, 1.54) is 20.9 Å². The van der Waals surface area contributed by atoms with Gasteiger partial charge >= 0.3 is 12.0 Å². The van der Waals surface area contributed by atoms with Gasteiger partial charge in [-0.1, -0.05) is 19.3 Å². The molecule has 0 saturated heterocycles. The van der Waals surface area contributed by atoms with Gasteiger partial charge < -0.3 is 15.3 Å². The quantitative estimate of drug-likeness (QED) is 0.711. The summed E-state index contributed by atoms with van der Waals surface area (Å²) in [6.45, 7) is 4.88. The molecule has 0 aliphatic heterocycles. The number of hydrogen-bond acceptors (Lipinski definition) is 2. The minimum atomic E-state index is -1.27. The lowest BCUT2D eigenvalue weighted by Gasteiger charge is -2.32. The fourth-order valence-electron chi connectivity index (χ4n) is 1.13. The smallest absolute Gasteiger partial charge is 0.329 e. The van der Waals surface area contributed by atoms with E-state index < -0.39 is 17.5 Å². The maximum atomic E-state index is 11.8. The average molecular weight is 240 g/mol. The van der Waals surface area contributed by atoms with Crippen LogP contribution < -0.4 is 5.32 Å². The summed E-state index contributed by atoms with van der Waals surface area (Å²) < 4.78 is 0. The van der Waals surface area contributed by atoms with Crippen molar-refractivity contribution >= 4 is 12.0 Å². The number of rotatable bonds is 5. The Bertz CT molecular complexity index is 331.